The number of amides is 8. The first-order chi connectivity index (χ1) is 38.1. The SMILES string of the molecule is CC(O)C(C=O)NC(=O)[C@H](CCCCN)NC(=O)[C@@H](Cc1ccc(C(N)=O)cc1)NC(=O)[C@H](Cc1ccc(O)cc1)NC(=O)[C@@H](CSSC[C@@H](C(=O)N[C@H](Cc1ccc(O)cc1)C(N)=O)N(C)C)NC(=O)CCc1ccc(Cl)cc1. The Balaban J connectivity index is 1.64. The average Bonchev–Trinajstić information content (AvgIpc) is 3.43. The van der Waals surface area contributed by atoms with Crippen LogP contribution in [-0.4, -0.2) is 154 Å². The number of aliphatic hydroxyl groups is 1. The molecule has 432 valence electrons. The van der Waals surface area contributed by atoms with Crippen LogP contribution in [0.25, 0.3) is 0 Å². The van der Waals surface area contributed by atoms with Crippen molar-refractivity contribution >= 4 is 86.7 Å². The van der Waals surface area contributed by atoms with Gasteiger partial charge in [0.2, 0.25) is 47.3 Å². The van der Waals surface area contributed by atoms with Crippen LogP contribution in [0.2, 0.25) is 5.02 Å². The van der Waals surface area contributed by atoms with Crippen molar-refractivity contribution in [3.63, 3.8) is 0 Å². The molecule has 8 amide bonds. The standard InChI is InChI=1S/C55H71ClN10O12S2/c1-32(68)45(29-67)65-51(74)41(6-4-5-25-57)61-52(75)43(27-34-7-16-37(17-8-34)49(58)72)63-53(76)44(28-36-13-22-40(70)23-14-36)64-54(77)46(60-48(71)24-15-33-9-18-38(56)19-10-33)30-79-80-31-47(66(2)3)55(78)62-42(50(59)73)26-35-11-20-39(69)21-12-35/h7-14,16-23,29,32,41-47,68-70H,4-6,15,24-28,30-31,57H2,1-3H3,(H2,58,72)(H2,59,73)(H,60,71)(H,61,75)(H,62,78)(H,63,76)(H,64,77)(H,65,74)/t32?,41-,42+,43+,44-,45?,46+,47-/m0/s1. The van der Waals surface area contributed by atoms with E-state index in [9.17, 15) is 58.5 Å². The highest BCUT2D eigenvalue weighted by atomic mass is 35.5. The molecule has 0 saturated heterocycles. The molecule has 0 spiro atoms. The molecular formula is C55H71ClN10O12S2. The number of phenols is 2. The topological polar surface area (TPSA) is 368 Å². The number of aliphatic hydroxyl groups excluding tert-OH is 1. The minimum Gasteiger partial charge on any atom is -0.508 e. The number of halogens is 1. The molecule has 0 aliphatic carbocycles. The van der Waals surface area contributed by atoms with Crippen LogP contribution in [-0.2, 0) is 64.0 Å². The van der Waals surface area contributed by atoms with Gasteiger partial charge in [-0.2, -0.15) is 0 Å². The quantitative estimate of drug-likeness (QED) is 0.0176. The van der Waals surface area contributed by atoms with Gasteiger partial charge in [0.25, 0.3) is 0 Å². The largest absolute Gasteiger partial charge is 0.508 e. The van der Waals surface area contributed by atoms with E-state index in [-0.39, 0.29) is 73.6 Å². The second kappa shape index (κ2) is 33.4. The fraction of sp³-hybridized carbons (Fsp3) is 0.400. The molecule has 8 atom stereocenters. The maximum Gasteiger partial charge on any atom is 0.248 e. The van der Waals surface area contributed by atoms with Crippen LogP contribution in [0.4, 0.5) is 0 Å². The van der Waals surface area contributed by atoms with Gasteiger partial charge in [-0.15, -0.1) is 0 Å². The first-order valence-electron chi connectivity index (χ1n) is 25.6. The van der Waals surface area contributed by atoms with Crippen molar-refractivity contribution < 1.29 is 58.5 Å². The minimum atomic E-state index is -1.46. The van der Waals surface area contributed by atoms with Crippen molar-refractivity contribution in [3.05, 3.63) is 130 Å². The molecule has 15 N–H and O–H groups in total. The molecular weight excluding hydrogens is 1090 g/mol. The van der Waals surface area contributed by atoms with E-state index in [1.807, 2.05) is 0 Å². The van der Waals surface area contributed by atoms with Gasteiger partial charge in [0.1, 0.15) is 54.0 Å². The lowest BCUT2D eigenvalue weighted by Crippen LogP contribution is -2.60. The third-order valence-corrected chi connectivity index (χ3v) is 15.2. The molecule has 0 radical (unpaired) electrons. The Morgan fingerprint density at radius 1 is 0.588 bits per heavy atom. The Bertz CT molecular complexity index is 2710. The van der Waals surface area contributed by atoms with Crippen molar-refractivity contribution in [1.82, 2.24) is 36.8 Å². The van der Waals surface area contributed by atoms with E-state index in [4.69, 9.17) is 28.8 Å². The number of likely N-dealkylation sites (N-methyl/N-ethyl adjacent to an activating group) is 1. The van der Waals surface area contributed by atoms with Crippen molar-refractivity contribution in [2.75, 3.05) is 32.1 Å². The second-order valence-electron chi connectivity index (χ2n) is 19.1. The van der Waals surface area contributed by atoms with Gasteiger partial charge in [0.05, 0.1) is 12.1 Å². The van der Waals surface area contributed by atoms with Gasteiger partial charge in [0.15, 0.2) is 0 Å². The summed E-state index contributed by atoms with van der Waals surface area (Å²) < 4.78 is 0. The number of nitrogens with two attached hydrogens (primary N) is 3. The van der Waals surface area contributed by atoms with E-state index < -0.39 is 95.7 Å². The van der Waals surface area contributed by atoms with Gasteiger partial charge < -0.3 is 69.2 Å². The third kappa shape index (κ3) is 22.5. The van der Waals surface area contributed by atoms with Gasteiger partial charge in [-0.25, -0.2) is 0 Å². The van der Waals surface area contributed by atoms with Crippen molar-refractivity contribution in [2.45, 2.75) is 107 Å². The number of aldehydes is 1. The predicted octanol–water partition coefficient (Wildman–Crippen LogP) is 0.925. The molecule has 80 heavy (non-hydrogen) atoms. The number of hydrogen-bond acceptors (Lipinski definition) is 16. The number of aryl methyl sites for hydroxylation is 1. The van der Waals surface area contributed by atoms with Crippen molar-refractivity contribution in [2.24, 2.45) is 17.2 Å². The van der Waals surface area contributed by atoms with Crippen LogP contribution in [0, 0.1) is 0 Å². The van der Waals surface area contributed by atoms with Gasteiger partial charge in [-0.05, 0) is 124 Å². The van der Waals surface area contributed by atoms with Gasteiger partial charge in [-0.3, -0.25) is 43.3 Å². The molecule has 0 aliphatic heterocycles. The first kappa shape index (κ1) is 65.3. The lowest BCUT2D eigenvalue weighted by atomic mass is 10.0. The smallest absolute Gasteiger partial charge is 0.248 e. The van der Waals surface area contributed by atoms with E-state index in [2.05, 4.69) is 31.9 Å². The van der Waals surface area contributed by atoms with Crippen molar-refractivity contribution in [1.29, 1.82) is 0 Å². The number of nitrogens with one attached hydrogen (secondary N) is 6. The molecule has 0 bridgehead atoms. The normalized spacial score (nSPS) is 14.1. The van der Waals surface area contributed by atoms with Crippen molar-refractivity contribution in [3.8, 4) is 11.5 Å². The number of hydrogen-bond donors (Lipinski definition) is 12. The Morgan fingerprint density at radius 3 is 1.51 bits per heavy atom. The van der Waals surface area contributed by atoms with E-state index in [1.165, 1.54) is 78.4 Å². The second-order valence-corrected chi connectivity index (χ2v) is 22.1. The summed E-state index contributed by atoms with van der Waals surface area (Å²) in [5.41, 5.74) is 19.4. The Hall–Kier alpha value is -7.22. The van der Waals surface area contributed by atoms with Crippen LogP contribution in [0.5, 0.6) is 11.5 Å². The summed E-state index contributed by atoms with van der Waals surface area (Å²) in [7, 11) is 5.67. The minimum absolute atomic E-state index is 0.0253. The zero-order chi connectivity index (χ0) is 58.9. The number of rotatable bonds is 34. The van der Waals surface area contributed by atoms with E-state index >= 15 is 0 Å². The number of primary amides is 2. The molecule has 0 aromatic heterocycles. The lowest BCUT2D eigenvalue weighted by Gasteiger charge is -2.27. The highest BCUT2D eigenvalue weighted by Crippen LogP contribution is 2.25. The van der Waals surface area contributed by atoms with Gasteiger partial charge in [-0.1, -0.05) is 81.7 Å². The third-order valence-electron chi connectivity index (χ3n) is 12.6. The molecule has 0 fully saturated rings. The summed E-state index contributed by atoms with van der Waals surface area (Å²) in [5.74, 6) is -5.87. The van der Waals surface area contributed by atoms with Crippen LogP contribution < -0.4 is 49.1 Å². The Labute approximate surface area is 477 Å². The first-order valence-corrected chi connectivity index (χ1v) is 28.5. The average molecular weight is 1160 g/mol. The maximum atomic E-state index is 14.7. The van der Waals surface area contributed by atoms with Crippen LogP contribution in [0.3, 0.4) is 0 Å². The van der Waals surface area contributed by atoms with Gasteiger partial charge in [0, 0.05) is 47.8 Å². The molecule has 4 rings (SSSR count). The monoisotopic (exact) mass is 1160 g/mol. The number of phenolic OH excluding ortho intramolecular Hbond substituents is 2. The highest BCUT2D eigenvalue weighted by molar-refractivity contribution is 8.76. The van der Waals surface area contributed by atoms with Crippen LogP contribution in [0.15, 0.2) is 97.1 Å². The summed E-state index contributed by atoms with van der Waals surface area (Å²) in [6, 6.07) is 16.0. The molecule has 0 heterocycles. The predicted molar refractivity (Wildman–Crippen MR) is 306 cm³/mol. The van der Waals surface area contributed by atoms with E-state index in [0.29, 0.717) is 40.8 Å². The zero-order valence-corrected chi connectivity index (χ0v) is 47.0. The van der Waals surface area contributed by atoms with Crippen LogP contribution >= 0.6 is 33.2 Å². The fourth-order valence-corrected chi connectivity index (χ4v) is 10.5. The fourth-order valence-electron chi connectivity index (χ4n) is 7.84. The lowest BCUT2D eigenvalue weighted by molar-refractivity contribution is -0.134. The summed E-state index contributed by atoms with van der Waals surface area (Å²) in [4.78, 5) is 122. The molecule has 0 aliphatic rings. The number of carbonyl (C=O) groups excluding carboxylic acids is 9. The number of nitrogens with zero attached hydrogens (tertiary/aromatic N) is 1. The summed E-state index contributed by atoms with van der Waals surface area (Å²) in [5, 5.41) is 46.5. The number of aromatic hydroxyl groups is 2. The summed E-state index contributed by atoms with van der Waals surface area (Å²) in [6.45, 7) is 1.57. The van der Waals surface area contributed by atoms with E-state index in [1.54, 1.807) is 55.4 Å². The molecule has 22 nitrogen and oxygen atoms in total. The van der Waals surface area contributed by atoms with Gasteiger partial charge >= 0.3 is 0 Å². The zero-order valence-electron chi connectivity index (χ0n) is 44.6. The highest BCUT2D eigenvalue weighted by Gasteiger charge is 2.34. The molecule has 2 unspecified atom stereocenters. The molecule has 4 aromatic carbocycles. The molecule has 4 aromatic rings. The number of carbonyl (C=O) groups is 9. The number of unbranched alkanes of at least 4 members (excludes halogenated alkanes) is 1. The Morgan fingerprint density at radius 2 is 1.04 bits per heavy atom. The maximum absolute atomic E-state index is 14.7. The summed E-state index contributed by atoms with van der Waals surface area (Å²) >= 11 is 6.07. The summed E-state index contributed by atoms with van der Waals surface area (Å²) in [6.07, 6.45) is -0.149. The molecule has 0 saturated carbocycles. The molecule has 25 heteroatoms. The van der Waals surface area contributed by atoms with Crippen LogP contribution in [0.1, 0.15) is 65.2 Å². The number of benzene rings is 4. The van der Waals surface area contributed by atoms with E-state index in [0.717, 1.165) is 16.4 Å². The Kier molecular flexibility index (Phi) is 27.3.